The van der Waals surface area contributed by atoms with Gasteiger partial charge in [-0.15, -0.1) is 0 Å². The molecule has 1 aliphatic heterocycles. The highest BCUT2D eigenvalue weighted by Gasteiger charge is 2.59. The third kappa shape index (κ3) is 3.12. The Morgan fingerprint density at radius 1 is 1.46 bits per heavy atom. The molecular weight excluding hydrogens is 384 g/mol. The second-order valence-electron chi connectivity index (χ2n) is 7.70. The first kappa shape index (κ1) is 19.1. The number of hydrogen-bond donors (Lipinski definition) is 1. The van der Waals surface area contributed by atoms with E-state index in [4.69, 9.17) is 4.52 Å². The summed E-state index contributed by atoms with van der Waals surface area (Å²) in [5, 5.41) is 11.1. The number of sulfonamides is 1. The van der Waals surface area contributed by atoms with Gasteiger partial charge >= 0.3 is 0 Å². The highest BCUT2D eigenvalue weighted by molar-refractivity contribution is 7.88. The normalized spacial score (nSPS) is 27.8. The summed E-state index contributed by atoms with van der Waals surface area (Å²) in [6.45, 7) is 4.95. The molecule has 1 saturated heterocycles. The molecule has 0 bridgehead atoms. The molecule has 10 nitrogen and oxygen atoms in total. The van der Waals surface area contributed by atoms with Gasteiger partial charge in [0.25, 0.3) is 5.91 Å². The van der Waals surface area contributed by atoms with E-state index in [2.05, 4.69) is 20.6 Å². The highest BCUT2D eigenvalue weighted by atomic mass is 32.2. The van der Waals surface area contributed by atoms with Crippen LogP contribution in [0.1, 0.15) is 42.0 Å². The van der Waals surface area contributed by atoms with Gasteiger partial charge in [0.05, 0.1) is 11.7 Å². The molecule has 0 radical (unpaired) electrons. The molecule has 1 N–H and O–H groups in total. The SMILES string of the molecule is CCn1nccc1C(=O)N[C@@H]1C[C@H]2CN(S(C)(=O)=O)C[C@@]2(c2nc(C)no2)C1. The lowest BCUT2D eigenvalue weighted by Gasteiger charge is -2.24. The Morgan fingerprint density at radius 3 is 2.89 bits per heavy atom. The summed E-state index contributed by atoms with van der Waals surface area (Å²) < 4.78 is 32.8. The maximum Gasteiger partial charge on any atom is 0.269 e. The van der Waals surface area contributed by atoms with E-state index < -0.39 is 15.4 Å². The van der Waals surface area contributed by atoms with Crippen molar-refractivity contribution in [1.29, 1.82) is 0 Å². The number of nitrogens with zero attached hydrogens (tertiary/aromatic N) is 5. The summed E-state index contributed by atoms with van der Waals surface area (Å²) in [5.74, 6) is 0.793. The van der Waals surface area contributed by atoms with Crippen molar-refractivity contribution in [2.75, 3.05) is 19.3 Å². The van der Waals surface area contributed by atoms with Gasteiger partial charge < -0.3 is 9.84 Å². The van der Waals surface area contributed by atoms with E-state index in [1.807, 2.05) is 6.92 Å². The minimum atomic E-state index is -3.32. The third-order valence-corrected chi connectivity index (χ3v) is 7.07. The van der Waals surface area contributed by atoms with Gasteiger partial charge in [0, 0.05) is 31.9 Å². The zero-order chi connectivity index (χ0) is 20.1. The fraction of sp³-hybridized carbons (Fsp3) is 0.647. The van der Waals surface area contributed by atoms with Gasteiger partial charge in [-0.2, -0.15) is 10.1 Å². The average Bonchev–Trinajstić information content (AvgIpc) is 3.34. The van der Waals surface area contributed by atoms with Crippen LogP contribution in [0.3, 0.4) is 0 Å². The summed E-state index contributed by atoms with van der Waals surface area (Å²) in [6.07, 6.45) is 4.03. The lowest BCUT2D eigenvalue weighted by atomic mass is 9.80. The molecule has 0 spiro atoms. The number of hydrogen-bond acceptors (Lipinski definition) is 7. The molecule has 2 aromatic rings. The first-order chi connectivity index (χ1) is 13.2. The van der Waals surface area contributed by atoms with Crippen LogP contribution in [0.2, 0.25) is 0 Å². The number of nitrogens with one attached hydrogen (secondary N) is 1. The molecule has 2 aliphatic rings. The Balaban J connectivity index is 1.58. The van der Waals surface area contributed by atoms with E-state index in [0.29, 0.717) is 43.3 Å². The third-order valence-electron chi connectivity index (χ3n) is 5.85. The van der Waals surface area contributed by atoms with E-state index in [1.165, 1.54) is 10.6 Å². The Hall–Kier alpha value is -2.27. The van der Waals surface area contributed by atoms with Crippen molar-refractivity contribution in [3.05, 3.63) is 29.7 Å². The fourth-order valence-electron chi connectivity index (χ4n) is 4.56. The molecule has 28 heavy (non-hydrogen) atoms. The molecule has 1 amide bonds. The predicted molar refractivity (Wildman–Crippen MR) is 99.0 cm³/mol. The monoisotopic (exact) mass is 408 g/mol. The van der Waals surface area contributed by atoms with Crippen LogP contribution in [0.15, 0.2) is 16.8 Å². The molecule has 3 atom stereocenters. The van der Waals surface area contributed by atoms with E-state index >= 15 is 0 Å². The quantitative estimate of drug-likeness (QED) is 0.755. The number of carbonyl (C=O) groups excluding carboxylic acids is 1. The van der Waals surface area contributed by atoms with Crippen molar-refractivity contribution in [2.45, 2.75) is 44.7 Å². The molecular formula is C17H24N6O4S. The van der Waals surface area contributed by atoms with Gasteiger partial charge in [-0.25, -0.2) is 12.7 Å². The second-order valence-corrected chi connectivity index (χ2v) is 9.68. The molecule has 152 valence electrons. The van der Waals surface area contributed by atoms with Gasteiger partial charge in [0.15, 0.2) is 5.82 Å². The zero-order valence-electron chi connectivity index (χ0n) is 16.1. The summed E-state index contributed by atoms with van der Waals surface area (Å²) in [5.41, 5.74) is -0.0622. The molecule has 3 heterocycles. The average molecular weight is 408 g/mol. The molecule has 4 rings (SSSR count). The van der Waals surface area contributed by atoms with Crippen molar-refractivity contribution >= 4 is 15.9 Å². The number of fused-ring (bicyclic) bond motifs is 1. The van der Waals surface area contributed by atoms with Crippen LogP contribution < -0.4 is 5.32 Å². The molecule has 2 fully saturated rings. The second kappa shape index (κ2) is 6.66. The number of carbonyl (C=O) groups is 1. The lowest BCUT2D eigenvalue weighted by molar-refractivity contribution is 0.0924. The van der Waals surface area contributed by atoms with Crippen LogP contribution in [0.25, 0.3) is 0 Å². The smallest absolute Gasteiger partial charge is 0.269 e. The highest BCUT2D eigenvalue weighted by Crippen LogP contribution is 2.50. The van der Waals surface area contributed by atoms with Crippen molar-refractivity contribution in [1.82, 2.24) is 29.5 Å². The fourth-order valence-corrected chi connectivity index (χ4v) is 5.47. The summed E-state index contributed by atoms with van der Waals surface area (Å²) in [4.78, 5) is 17.1. The van der Waals surface area contributed by atoms with Gasteiger partial charge in [-0.05, 0) is 38.7 Å². The summed E-state index contributed by atoms with van der Waals surface area (Å²) >= 11 is 0. The van der Waals surface area contributed by atoms with Crippen molar-refractivity contribution in [2.24, 2.45) is 5.92 Å². The zero-order valence-corrected chi connectivity index (χ0v) is 16.9. The number of aromatic nitrogens is 4. The van der Waals surface area contributed by atoms with Crippen LogP contribution in [0.5, 0.6) is 0 Å². The van der Waals surface area contributed by atoms with E-state index in [9.17, 15) is 13.2 Å². The minimum Gasteiger partial charge on any atom is -0.348 e. The maximum atomic E-state index is 12.7. The van der Waals surface area contributed by atoms with E-state index in [0.717, 1.165) is 0 Å². The molecule has 11 heteroatoms. The van der Waals surface area contributed by atoms with Crippen molar-refractivity contribution in [3.63, 3.8) is 0 Å². The van der Waals surface area contributed by atoms with Crippen molar-refractivity contribution in [3.8, 4) is 0 Å². The first-order valence-electron chi connectivity index (χ1n) is 9.31. The number of aryl methyl sites for hydroxylation is 2. The van der Waals surface area contributed by atoms with Gasteiger partial charge in [0.2, 0.25) is 15.9 Å². The largest absolute Gasteiger partial charge is 0.348 e. The predicted octanol–water partition coefficient (Wildman–Crippen LogP) is 0.316. The first-order valence-corrected chi connectivity index (χ1v) is 11.2. The molecule has 2 aromatic heterocycles. The minimum absolute atomic E-state index is 0.00320. The van der Waals surface area contributed by atoms with Gasteiger partial charge in [-0.3, -0.25) is 9.48 Å². The number of rotatable bonds is 5. The van der Waals surface area contributed by atoms with E-state index in [-0.39, 0.29) is 24.4 Å². The Bertz CT molecular complexity index is 999. The topological polar surface area (TPSA) is 123 Å². The van der Waals surface area contributed by atoms with E-state index in [1.54, 1.807) is 23.9 Å². The number of amides is 1. The standard InChI is InChI=1S/C17H24N6O4S/c1-4-23-14(5-6-18-23)15(24)20-13-7-12-9-22(28(3,25)26)10-17(12,8-13)16-19-11(2)21-27-16/h5-6,12-13H,4,7-10H2,1-3H3,(H,20,24)/t12-,13+,17-/m0/s1. The van der Waals surface area contributed by atoms with Crippen molar-refractivity contribution < 1.29 is 17.7 Å². The van der Waals surface area contributed by atoms with Gasteiger partial charge in [-0.1, -0.05) is 5.16 Å². The van der Waals surface area contributed by atoms with Crippen LogP contribution in [-0.4, -0.2) is 63.9 Å². The summed E-state index contributed by atoms with van der Waals surface area (Å²) in [7, 11) is -3.32. The maximum absolute atomic E-state index is 12.7. The van der Waals surface area contributed by atoms with Crippen LogP contribution >= 0.6 is 0 Å². The molecule has 0 unspecified atom stereocenters. The van der Waals surface area contributed by atoms with Crippen LogP contribution in [0.4, 0.5) is 0 Å². The van der Waals surface area contributed by atoms with Gasteiger partial charge in [0.1, 0.15) is 5.69 Å². The summed E-state index contributed by atoms with van der Waals surface area (Å²) in [6, 6.07) is 1.59. The molecule has 1 aliphatic carbocycles. The Kier molecular flexibility index (Phi) is 4.53. The Morgan fingerprint density at radius 2 is 2.25 bits per heavy atom. The van der Waals surface area contributed by atoms with Crippen LogP contribution in [-0.2, 0) is 22.0 Å². The Labute approximate surface area is 163 Å². The lowest BCUT2D eigenvalue weighted by Crippen LogP contribution is -2.39. The molecule has 1 saturated carbocycles. The molecule has 0 aromatic carbocycles. The van der Waals surface area contributed by atoms with Crippen LogP contribution in [0, 0.1) is 12.8 Å².